The zero-order valence-corrected chi connectivity index (χ0v) is 10.7. The normalized spacial score (nSPS) is 21.4. The molecule has 1 aliphatic carbocycles. The fourth-order valence-corrected chi connectivity index (χ4v) is 1.92. The Morgan fingerprint density at radius 2 is 2.00 bits per heavy atom. The number of hydrogen-bond donors (Lipinski definition) is 0. The van der Waals surface area contributed by atoms with E-state index in [0.717, 1.165) is 17.7 Å². The molecular weight excluding hydrogens is 232 g/mol. The maximum Gasteiger partial charge on any atom is 0.309 e. The standard InChI is InChI=1S/C14H18O4/c1-16-12-5-3-10(4-6-12)8-18-9-11-7-13(11)14(15)17-2/h3-6,11,13H,7-9H2,1-2H3/t11-,13+/m1/s1. The fraction of sp³-hybridized carbons (Fsp3) is 0.500. The summed E-state index contributed by atoms with van der Waals surface area (Å²) in [5, 5.41) is 0. The van der Waals surface area contributed by atoms with Gasteiger partial charge < -0.3 is 14.2 Å². The number of carbonyl (C=O) groups excluding carboxylic acids is 1. The van der Waals surface area contributed by atoms with Crippen molar-refractivity contribution in [3.8, 4) is 5.75 Å². The highest BCUT2D eigenvalue weighted by molar-refractivity contribution is 5.75. The van der Waals surface area contributed by atoms with Gasteiger partial charge in [0.1, 0.15) is 5.75 Å². The van der Waals surface area contributed by atoms with Crippen LogP contribution >= 0.6 is 0 Å². The second kappa shape index (κ2) is 5.87. The van der Waals surface area contributed by atoms with Gasteiger partial charge in [0, 0.05) is 0 Å². The predicted molar refractivity (Wildman–Crippen MR) is 66.3 cm³/mol. The number of carbonyl (C=O) groups is 1. The van der Waals surface area contributed by atoms with E-state index in [1.54, 1.807) is 7.11 Å². The summed E-state index contributed by atoms with van der Waals surface area (Å²) in [7, 11) is 3.07. The van der Waals surface area contributed by atoms with Crippen LogP contribution in [0.3, 0.4) is 0 Å². The zero-order chi connectivity index (χ0) is 13.0. The lowest BCUT2D eigenvalue weighted by atomic mass is 10.2. The van der Waals surface area contributed by atoms with E-state index in [2.05, 4.69) is 4.74 Å². The van der Waals surface area contributed by atoms with Crippen molar-refractivity contribution in [2.45, 2.75) is 13.0 Å². The third-order valence-corrected chi connectivity index (χ3v) is 3.19. The van der Waals surface area contributed by atoms with Gasteiger partial charge in [-0.15, -0.1) is 0 Å². The van der Waals surface area contributed by atoms with E-state index < -0.39 is 0 Å². The molecule has 4 heteroatoms. The number of esters is 1. The summed E-state index contributed by atoms with van der Waals surface area (Å²) in [5.41, 5.74) is 1.10. The molecule has 0 aromatic heterocycles. The molecule has 1 aromatic rings. The second-order valence-electron chi connectivity index (χ2n) is 4.49. The van der Waals surface area contributed by atoms with Crippen LogP contribution < -0.4 is 4.74 Å². The first-order chi connectivity index (χ1) is 8.74. The van der Waals surface area contributed by atoms with Gasteiger partial charge in [-0.05, 0) is 30.0 Å². The van der Waals surface area contributed by atoms with E-state index in [9.17, 15) is 4.79 Å². The Morgan fingerprint density at radius 3 is 2.61 bits per heavy atom. The van der Waals surface area contributed by atoms with Gasteiger partial charge in [0.25, 0.3) is 0 Å². The third kappa shape index (κ3) is 3.23. The molecule has 0 N–H and O–H groups in total. The van der Waals surface area contributed by atoms with Crippen LogP contribution in [0.5, 0.6) is 5.75 Å². The molecular formula is C14H18O4. The molecule has 1 saturated carbocycles. The Morgan fingerprint density at radius 1 is 1.28 bits per heavy atom. The minimum absolute atomic E-state index is 0.0471. The van der Waals surface area contributed by atoms with Crippen LogP contribution in [-0.4, -0.2) is 26.8 Å². The molecule has 98 valence electrons. The van der Waals surface area contributed by atoms with Crippen molar-refractivity contribution < 1.29 is 19.0 Å². The summed E-state index contributed by atoms with van der Waals surface area (Å²) in [6.45, 7) is 1.18. The molecule has 2 rings (SSSR count). The summed E-state index contributed by atoms with van der Waals surface area (Å²) in [5.74, 6) is 1.10. The van der Waals surface area contributed by atoms with Gasteiger partial charge >= 0.3 is 5.97 Å². The monoisotopic (exact) mass is 250 g/mol. The maximum absolute atomic E-state index is 11.2. The largest absolute Gasteiger partial charge is 0.497 e. The van der Waals surface area contributed by atoms with Gasteiger partial charge in [-0.1, -0.05) is 12.1 Å². The zero-order valence-electron chi connectivity index (χ0n) is 10.7. The summed E-state index contributed by atoms with van der Waals surface area (Å²) in [6, 6.07) is 7.77. The maximum atomic E-state index is 11.2. The molecule has 0 aliphatic heterocycles. The molecule has 1 fully saturated rings. The van der Waals surface area contributed by atoms with Crippen molar-refractivity contribution >= 4 is 5.97 Å². The van der Waals surface area contributed by atoms with Gasteiger partial charge in [-0.2, -0.15) is 0 Å². The summed E-state index contributed by atoms with van der Waals surface area (Å²) in [4.78, 5) is 11.2. The highest BCUT2D eigenvalue weighted by atomic mass is 16.5. The quantitative estimate of drug-likeness (QED) is 0.725. The smallest absolute Gasteiger partial charge is 0.309 e. The van der Waals surface area contributed by atoms with Crippen LogP contribution in [0.25, 0.3) is 0 Å². The van der Waals surface area contributed by atoms with Gasteiger partial charge in [0.15, 0.2) is 0 Å². The lowest BCUT2D eigenvalue weighted by Crippen LogP contribution is -2.07. The molecule has 0 spiro atoms. The molecule has 0 bridgehead atoms. The van der Waals surface area contributed by atoms with E-state index in [4.69, 9.17) is 9.47 Å². The Labute approximate surface area is 107 Å². The Balaban J connectivity index is 1.68. The first-order valence-corrected chi connectivity index (χ1v) is 6.03. The number of rotatable bonds is 6. The van der Waals surface area contributed by atoms with E-state index in [-0.39, 0.29) is 11.9 Å². The van der Waals surface area contributed by atoms with Crippen molar-refractivity contribution in [1.29, 1.82) is 0 Å². The van der Waals surface area contributed by atoms with Gasteiger partial charge in [0.2, 0.25) is 0 Å². The minimum Gasteiger partial charge on any atom is -0.497 e. The van der Waals surface area contributed by atoms with Crippen LogP contribution in [0.4, 0.5) is 0 Å². The van der Waals surface area contributed by atoms with Crippen LogP contribution in [0, 0.1) is 11.8 Å². The van der Waals surface area contributed by atoms with Crippen molar-refractivity contribution in [2.75, 3.05) is 20.8 Å². The van der Waals surface area contributed by atoms with E-state index in [1.807, 2.05) is 24.3 Å². The van der Waals surface area contributed by atoms with Crippen molar-refractivity contribution in [1.82, 2.24) is 0 Å². The molecule has 1 aromatic carbocycles. The Bertz CT molecular complexity index is 399. The topological polar surface area (TPSA) is 44.8 Å². The SMILES string of the molecule is COC(=O)[C@H]1C[C@@H]1COCc1ccc(OC)cc1. The molecule has 2 atom stereocenters. The lowest BCUT2D eigenvalue weighted by molar-refractivity contribution is -0.142. The number of ether oxygens (including phenoxy) is 3. The Hall–Kier alpha value is -1.55. The van der Waals surface area contributed by atoms with Crippen molar-refractivity contribution in [3.63, 3.8) is 0 Å². The second-order valence-corrected chi connectivity index (χ2v) is 4.49. The molecule has 0 unspecified atom stereocenters. The van der Waals surface area contributed by atoms with Crippen molar-refractivity contribution in [2.24, 2.45) is 11.8 Å². The highest BCUT2D eigenvalue weighted by Gasteiger charge is 2.43. The van der Waals surface area contributed by atoms with E-state index >= 15 is 0 Å². The summed E-state index contributed by atoms with van der Waals surface area (Å²) >= 11 is 0. The first-order valence-electron chi connectivity index (χ1n) is 6.03. The molecule has 1 aliphatic rings. The van der Waals surface area contributed by atoms with Gasteiger partial charge in [-0.3, -0.25) is 4.79 Å². The molecule has 0 amide bonds. The van der Waals surface area contributed by atoms with Gasteiger partial charge in [-0.25, -0.2) is 0 Å². The highest BCUT2D eigenvalue weighted by Crippen LogP contribution is 2.39. The Kier molecular flexibility index (Phi) is 4.20. The third-order valence-electron chi connectivity index (χ3n) is 3.19. The first kappa shape index (κ1) is 12.9. The average Bonchev–Trinajstić information content (AvgIpc) is 3.18. The van der Waals surface area contributed by atoms with E-state index in [1.165, 1.54) is 7.11 Å². The lowest BCUT2D eigenvalue weighted by Gasteiger charge is -2.05. The van der Waals surface area contributed by atoms with E-state index in [0.29, 0.717) is 19.1 Å². The summed E-state index contributed by atoms with van der Waals surface area (Å²) < 4.78 is 15.4. The molecule has 0 saturated heterocycles. The van der Waals surface area contributed by atoms with Crippen LogP contribution in [0.15, 0.2) is 24.3 Å². The van der Waals surface area contributed by atoms with Gasteiger partial charge in [0.05, 0.1) is 33.4 Å². The van der Waals surface area contributed by atoms with Crippen LogP contribution in [0.1, 0.15) is 12.0 Å². The molecule has 0 radical (unpaired) electrons. The van der Waals surface area contributed by atoms with Crippen LogP contribution in [-0.2, 0) is 20.9 Å². The predicted octanol–water partition coefficient (Wildman–Crippen LogP) is 2.02. The van der Waals surface area contributed by atoms with Crippen molar-refractivity contribution in [3.05, 3.63) is 29.8 Å². The number of benzene rings is 1. The number of hydrogen-bond acceptors (Lipinski definition) is 4. The average molecular weight is 250 g/mol. The fourth-order valence-electron chi connectivity index (χ4n) is 1.92. The number of methoxy groups -OCH3 is 2. The summed E-state index contributed by atoms with van der Waals surface area (Å²) in [6.07, 6.45) is 0.884. The minimum atomic E-state index is -0.118. The van der Waals surface area contributed by atoms with Crippen LogP contribution in [0.2, 0.25) is 0 Å². The molecule has 4 nitrogen and oxygen atoms in total. The molecule has 18 heavy (non-hydrogen) atoms. The molecule has 0 heterocycles.